The van der Waals surface area contributed by atoms with Gasteiger partial charge in [0, 0.05) is 50.8 Å². The highest BCUT2D eigenvalue weighted by Crippen LogP contribution is 2.44. The maximum atomic E-state index is 13.9. The van der Waals surface area contributed by atoms with Crippen LogP contribution in [0, 0.1) is 11.8 Å². The second kappa shape index (κ2) is 10.9. The first-order chi connectivity index (χ1) is 20.0. The number of aromatic nitrogens is 3. The SMILES string of the molecule is CCc1c(N2CCNCC2)c(=O)n2nc(C3=CC4CC(=O)CC4C3)cc2n1CC(=O)Nc1ccc(C(F)(F)F)cc1Cl. The van der Waals surface area contributed by atoms with E-state index in [1.165, 1.54) is 4.52 Å². The Labute approximate surface area is 244 Å². The smallest absolute Gasteiger partial charge is 0.363 e. The number of fused-ring (bicyclic) bond motifs is 2. The first-order valence-corrected chi connectivity index (χ1v) is 14.4. The Morgan fingerprint density at radius 3 is 2.57 bits per heavy atom. The van der Waals surface area contributed by atoms with Crippen molar-refractivity contribution in [3.63, 3.8) is 0 Å². The minimum atomic E-state index is -4.56. The van der Waals surface area contributed by atoms with Crippen LogP contribution in [-0.2, 0) is 28.7 Å². The van der Waals surface area contributed by atoms with Crippen LogP contribution >= 0.6 is 11.6 Å². The Hall–Kier alpha value is -3.64. The number of rotatable bonds is 6. The molecule has 3 aromatic rings. The molecule has 9 nitrogen and oxygen atoms in total. The summed E-state index contributed by atoms with van der Waals surface area (Å²) in [5.41, 5.74) is 2.06. The second-order valence-electron chi connectivity index (χ2n) is 11.1. The molecule has 1 saturated carbocycles. The lowest BCUT2D eigenvalue weighted by atomic mass is 9.99. The third-order valence-corrected chi connectivity index (χ3v) is 8.70. The molecule has 2 unspecified atom stereocenters. The van der Waals surface area contributed by atoms with Crippen molar-refractivity contribution in [2.45, 2.75) is 45.3 Å². The van der Waals surface area contributed by atoms with Crippen molar-refractivity contribution in [2.75, 3.05) is 36.4 Å². The molecule has 3 aliphatic rings. The van der Waals surface area contributed by atoms with Crippen LogP contribution in [0.3, 0.4) is 0 Å². The summed E-state index contributed by atoms with van der Waals surface area (Å²) in [5, 5.41) is 10.4. The number of ketones is 1. The van der Waals surface area contributed by atoms with Crippen LogP contribution in [0.2, 0.25) is 5.02 Å². The quantitative estimate of drug-likeness (QED) is 0.440. The number of allylic oxidation sites excluding steroid dienone is 2. The van der Waals surface area contributed by atoms with Crippen molar-refractivity contribution in [1.29, 1.82) is 0 Å². The van der Waals surface area contributed by atoms with Gasteiger partial charge in [-0.3, -0.25) is 14.4 Å². The molecule has 0 bridgehead atoms. The Balaban J connectivity index is 1.40. The van der Waals surface area contributed by atoms with Gasteiger partial charge in [0.2, 0.25) is 5.91 Å². The van der Waals surface area contributed by atoms with Gasteiger partial charge in [-0.1, -0.05) is 24.6 Å². The predicted octanol–water partition coefficient (Wildman–Crippen LogP) is 4.16. The maximum Gasteiger partial charge on any atom is 0.416 e. The molecular formula is C29H30ClF3N6O3. The zero-order valence-electron chi connectivity index (χ0n) is 22.9. The molecule has 0 spiro atoms. The zero-order valence-corrected chi connectivity index (χ0v) is 23.7. The van der Waals surface area contributed by atoms with Gasteiger partial charge < -0.3 is 20.1 Å². The monoisotopic (exact) mass is 602 g/mol. The summed E-state index contributed by atoms with van der Waals surface area (Å²) in [4.78, 5) is 41.2. The van der Waals surface area contributed by atoms with E-state index in [1.807, 2.05) is 11.8 Å². The summed E-state index contributed by atoms with van der Waals surface area (Å²) in [6.45, 7) is 4.31. The lowest BCUT2D eigenvalue weighted by Crippen LogP contribution is -2.47. The predicted molar refractivity (Wildman–Crippen MR) is 153 cm³/mol. The molecule has 2 atom stereocenters. The topological polar surface area (TPSA) is 101 Å². The van der Waals surface area contributed by atoms with E-state index in [-0.39, 0.29) is 40.4 Å². The first-order valence-electron chi connectivity index (χ1n) is 14.0. The molecule has 2 aromatic heterocycles. The molecule has 2 fully saturated rings. The van der Waals surface area contributed by atoms with E-state index in [1.54, 1.807) is 10.6 Å². The molecule has 1 saturated heterocycles. The van der Waals surface area contributed by atoms with E-state index in [4.69, 9.17) is 16.7 Å². The van der Waals surface area contributed by atoms with Gasteiger partial charge in [-0.2, -0.15) is 22.8 Å². The van der Waals surface area contributed by atoms with Crippen LogP contribution < -0.4 is 21.1 Å². The van der Waals surface area contributed by atoms with E-state index < -0.39 is 17.6 Å². The van der Waals surface area contributed by atoms with Crippen LogP contribution in [0.4, 0.5) is 24.5 Å². The Morgan fingerprint density at radius 2 is 1.90 bits per heavy atom. The average molecular weight is 603 g/mol. The number of hydrogen-bond acceptors (Lipinski definition) is 6. The van der Waals surface area contributed by atoms with E-state index in [2.05, 4.69) is 16.7 Å². The lowest BCUT2D eigenvalue weighted by Gasteiger charge is -2.31. The normalized spacial score (nSPS) is 20.7. The van der Waals surface area contributed by atoms with Gasteiger partial charge in [0.05, 0.1) is 22.0 Å². The van der Waals surface area contributed by atoms with Gasteiger partial charge in [-0.15, -0.1) is 0 Å². The summed E-state index contributed by atoms with van der Waals surface area (Å²) in [6, 6.07) is 4.56. The number of benzene rings is 1. The zero-order chi connectivity index (χ0) is 29.8. The fourth-order valence-electron chi connectivity index (χ4n) is 6.40. The van der Waals surface area contributed by atoms with Crippen molar-refractivity contribution < 1.29 is 22.8 Å². The van der Waals surface area contributed by atoms with E-state index in [0.717, 1.165) is 23.8 Å². The number of Topliss-reactive ketones (excluding diaryl/α,β-unsaturated/α-hetero) is 1. The number of carbonyl (C=O) groups excluding carboxylic acids is 2. The molecule has 1 aromatic carbocycles. The Bertz CT molecular complexity index is 1670. The fraction of sp³-hybridized carbons (Fsp3) is 0.448. The van der Waals surface area contributed by atoms with Crippen molar-refractivity contribution in [2.24, 2.45) is 11.8 Å². The summed E-state index contributed by atoms with van der Waals surface area (Å²) < 4.78 is 42.4. The number of alkyl halides is 3. The summed E-state index contributed by atoms with van der Waals surface area (Å²) in [7, 11) is 0. The van der Waals surface area contributed by atoms with E-state index in [9.17, 15) is 27.6 Å². The largest absolute Gasteiger partial charge is 0.416 e. The Morgan fingerprint density at radius 1 is 1.14 bits per heavy atom. The third-order valence-electron chi connectivity index (χ3n) is 8.39. The fourth-order valence-corrected chi connectivity index (χ4v) is 6.63. The van der Waals surface area contributed by atoms with Gasteiger partial charge in [0.25, 0.3) is 5.56 Å². The van der Waals surface area contributed by atoms with Gasteiger partial charge >= 0.3 is 6.18 Å². The van der Waals surface area contributed by atoms with Crippen LogP contribution in [0.1, 0.15) is 43.1 Å². The van der Waals surface area contributed by atoms with Crippen LogP contribution in [0.5, 0.6) is 0 Å². The number of carbonyl (C=O) groups is 2. The van der Waals surface area contributed by atoms with Gasteiger partial charge in [0.1, 0.15) is 23.7 Å². The number of halogens is 4. The average Bonchev–Trinajstić information content (AvgIpc) is 3.64. The highest BCUT2D eigenvalue weighted by atomic mass is 35.5. The molecule has 3 heterocycles. The van der Waals surface area contributed by atoms with Crippen molar-refractivity contribution in [3.8, 4) is 0 Å². The van der Waals surface area contributed by atoms with Gasteiger partial charge in [-0.25, -0.2) is 0 Å². The Kier molecular flexibility index (Phi) is 7.38. The standard InChI is InChI=1S/C29H30ClF3N6O3/c1-2-24-27(37-7-5-34-6-8-37)28(42)39-26(14-23(36-39)18-9-16-11-20(40)12-17(16)10-18)38(24)15-25(41)35-22-4-3-19(13-21(22)30)29(31,32)33/h3-4,9,13-14,16-17,34H,2,5-8,10-12,15H2,1H3,(H,35,41). The van der Waals surface area contributed by atoms with Gasteiger partial charge in [0.15, 0.2) is 0 Å². The number of hydrogen-bond donors (Lipinski definition) is 2. The molecular weight excluding hydrogens is 573 g/mol. The molecule has 1 aliphatic heterocycles. The van der Waals surface area contributed by atoms with Crippen LogP contribution in [-0.4, -0.2) is 52.1 Å². The number of amides is 1. The first kappa shape index (κ1) is 28.5. The number of piperazine rings is 1. The highest BCUT2D eigenvalue weighted by molar-refractivity contribution is 6.33. The molecule has 2 N–H and O–H groups in total. The number of nitrogens with one attached hydrogen (secondary N) is 2. The van der Waals surface area contributed by atoms with Crippen LogP contribution in [0.25, 0.3) is 11.2 Å². The second-order valence-corrected chi connectivity index (χ2v) is 11.5. The summed E-state index contributed by atoms with van der Waals surface area (Å²) in [5.74, 6) is 0.178. The van der Waals surface area contributed by atoms with E-state index >= 15 is 0 Å². The molecule has 222 valence electrons. The van der Waals surface area contributed by atoms with Gasteiger partial charge in [-0.05, 0) is 48.4 Å². The molecule has 13 heteroatoms. The number of anilines is 2. The summed E-state index contributed by atoms with van der Waals surface area (Å²) in [6.07, 6.45) is -0.254. The molecule has 42 heavy (non-hydrogen) atoms. The van der Waals surface area contributed by atoms with Crippen molar-refractivity contribution >= 4 is 45.9 Å². The maximum absolute atomic E-state index is 13.9. The molecule has 0 radical (unpaired) electrons. The van der Waals surface area contributed by atoms with Crippen molar-refractivity contribution in [3.05, 3.63) is 62.7 Å². The highest BCUT2D eigenvalue weighted by Gasteiger charge is 2.37. The van der Waals surface area contributed by atoms with E-state index in [0.29, 0.717) is 74.6 Å². The minimum absolute atomic E-state index is 0.0542. The summed E-state index contributed by atoms with van der Waals surface area (Å²) >= 11 is 6.09. The molecule has 6 rings (SSSR count). The van der Waals surface area contributed by atoms with Crippen molar-refractivity contribution in [1.82, 2.24) is 19.5 Å². The number of nitrogens with zero attached hydrogens (tertiary/aromatic N) is 4. The third kappa shape index (κ3) is 5.22. The molecule has 1 amide bonds. The lowest BCUT2D eigenvalue weighted by molar-refractivity contribution is -0.137. The minimum Gasteiger partial charge on any atom is -0.363 e. The molecule has 2 aliphatic carbocycles. The van der Waals surface area contributed by atoms with Crippen LogP contribution in [0.15, 0.2) is 35.1 Å².